The Hall–Kier alpha value is -1.62. The topological polar surface area (TPSA) is 54.0 Å². The molecule has 0 atom stereocenters. The summed E-state index contributed by atoms with van der Waals surface area (Å²) in [6, 6.07) is 9.52. The van der Waals surface area contributed by atoms with Crippen LogP contribution in [0.4, 0.5) is 10.6 Å². The Morgan fingerprint density at radius 1 is 1.28 bits per heavy atom. The fraction of sp³-hybridized carbons (Fsp3) is 0.231. The van der Waals surface area contributed by atoms with Crippen LogP contribution in [0.1, 0.15) is 6.42 Å². The van der Waals surface area contributed by atoms with Crippen molar-refractivity contribution in [2.24, 2.45) is 0 Å². The van der Waals surface area contributed by atoms with E-state index in [4.69, 9.17) is 0 Å². The van der Waals surface area contributed by atoms with Crippen molar-refractivity contribution in [1.29, 1.82) is 0 Å². The van der Waals surface area contributed by atoms with Crippen LogP contribution in [0.3, 0.4) is 0 Å². The van der Waals surface area contributed by atoms with E-state index < -0.39 is 0 Å². The van der Waals surface area contributed by atoms with Gasteiger partial charge in [0, 0.05) is 23.5 Å². The van der Waals surface area contributed by atoms with Gasteiger partial charge in [0.15, 0.2) is 0 Å². The minimum Gasteiger partial charge on any atom is -0.338 e. The van der Waals surface area contributed by atoms with E-state index in [1.165, 1.54) is 0 Å². The number of hydrogen-bond donors (Lipinski definition) is 2. The first-order valence-corrected chi connectivity index (χ1v) is 6.88. The molecule has 0 aliphatic carbocycles. The number of nitrogens with zero attached hydrogens (tertiary/aromatic N) is 1. The highest BCUT2D eigenvalue weighted by Crippen LogP contribution is 2.19. The van der Waals surface area contributed by atoms with Gasteiger partial charge >= 0.3 is 6.03 Å². The van der Waals surface area contributed by atoms with Crippen LogP contribution in [-0.2, 0) is 0 Å². The molecule has 0 radical (unpaired) electrons. The smallest absolute Gasteiger partial charge is 0.320 e. The van der Waals surface area contributed by atoms with Gasteiger partial charge in [0.25, 0.3) is 0 Å². The van der Waals surface area contributed by atoms with Gasteiger partial charge in [-0.15, -0.1) is 0 Å². The van der Waals surface area contributed by atoms with E-state index >= 15 is 0 Å². The van der Waals surface area contributed by atoms with E-state index in [-0.39, 0.29) is 6.03 Å². The van der Waals surface area contributed by atoms with Crippen LogP contribution in [0, 0.1) is 0 Å². The number of hydrogen-bond acceptors (Lipinski definition) is 2. The first-order valence-electron chi connectivity index (χ1n) is 5.76. The molecule has 1 heterocycles. The SMILES string of the molecule is O=C(NCCCBr)Nc1nccc2ccccc12. The van der Waals surface area contributed by atoms with Crippen LogP contribution in [-0.4, -0.2) is 22.9 Å². The molecule has 0 saturated carbocycles. The Kier molecular flexibility index (Phi) is 4.52. The Morgan fingerprint density at radius 2 is 2.11 bits per heavy atom. The molecular weight excluding hydrogens is 294 g/mol. The van der Waals surface area contributed by atoms with Crippen molar-refractivity contribution in [3.8, 4) is 0 Å². The minimum absolute atomic E-state index is 0.222. The molecule has 2 aromatic rings. The summed E-state index contributed by atoms with van der Waals surface area (Å²) in [7, 11) is 0. The number of halogens is 1. The average molecular weight is 308 g/mol. The minimum atomic E-state index is -0.222. The van der Waals surface area contributed by atoms with Crippen LogP contribution in [0.15, 0.2) is 36.5 Å². The molecule has 94 valence electrons. The summed E-state index contributed by atoms with van der Waals surface area (Å²) in [5.41, 5.74) is 0. The highest BCUT2D eigenvalue weighted by Gasteiger charge is 2.05. The number of aromatic nitrogens is 1. The second-order valence-electron chi connectivity index (χ2n) is 3.80. The van der Waals surface area contributed by atoms with Crippen molar-refractivity contribution in [3.63, 3.8) is 0 Å². The lowest BCUT2D eigenvalue weighted by atomic mass is 10.1. The van der Waals surface area contributed by atoms with Crippen molar-refractivity contribution in [3.05, 3.63) is 36.5 Å². The number of carbonyl (C=O) groups is 1. The number of anilines is 1. The van der Waals surface area contributed by atoms with Gasteiger partial charge < -0.3 is 5.32 Å². The van der Waals surface area contributed by atoms with Crippen LogP contribution >= 0.6 is 15.9 Å². The second-order valence-corrected chi connectivity index (χ2v) is 4.60. The fourth-order valence-corrected chi connectivity index (χ4v) is 1.92. The van der Waals surface area contributed by atoms with E-state index in [1.807, 2.05) is 30.3 Å². The van der Waals surface area contributed by atoms with Gasteiger partial charge in [-0.25, -0.2) is 9.78 Å². The maximum Gasteiger partial charge on any atom is 0.320 e. The molecule has 0 unspecified atom stereocenters. The Labute approximate surface area is 114 Å². The number of urea groups is 1. The van der Waals surface area contributed by atoms with E-state index in [0.29, 0.717) is 12.4 Å². The molecule has 1 aromatic carbocycles. The standard InChI is InChI=1S/C13H14BrN3O/c14-7-3-8-16-13(18)17-12-11-5-2-1-4-10(11)6-9-15-12/h1-2,4-6,9H,3,7-8H2,(H2,15,16,17,18). The number of fused-ring (bicyclic) bond motifs is 1. The third-order valence-corrected chi connectivity index (χ3v) is 3.06. The van der Waals surface area contributed by atoms with Crippen LogP contribution in [0.2, 0.25) is 0 Å². The molecule has 0 fully saturated rings. The Morgan fingerprint density at radius 3 is 2.94 bits per heavy atom. The Bertz CT molecular complexity index is 539. The molecule has 0 aliphatic rings. The number of nitrogens with one attached hydrogen (secondary N) is 2. The van der Waals surface area contributed by atoms with Gasteiger partial charge in [0.2, 0.25) is 0 Å². The monoisotopic (exact) mass is 307 g/mol. The van der Waals surface area contributed by atoms with E-state index in [9.17, 15) is 4.79 Å². The third kappa shape index (κ3) is 3.20. The lowest BCUT2D eigenvalue weighted by molar-refractivity contribution is 0.252. The molecular formula is C13H14BrN3O. The largest absolute Gasteiger partial charge is 0.338 e. The Balaban J connectivity index is 2.09. The van der Waals surface area contributed by atoms with Crippen LogP contribution in [0.5, 0.6) is 0 Å². The second kappa shape index (κ2) is 6.35. The van der Waals surface area contributed by atoms with Gasteiger partial charge in [0.05, 0.1) is 0 Å². The number of amides is 2. The third-order valence-electron chi connectivity index (χ3n) is 2.50. The zero-order valence-electron chi connectivity index (χ0n) is 9.82. The summed E-state index contributed by atoms with van der Waals surface area (Å²) >= 11 is 3.31. The number of benzene rings is 1. The molecule has 0 bridgehead atoms. The molecule has 2 N–H and O–H groups in total. The van der Waals surface area contributed by atoms with Gasteiger partial charge in [-0.2, -0.15) is 0 Å². The number of alkyl halides is 1. The zero-order chi connectivity index (χ0) is 12.8. The summed E-state index contributed by atoms with van der Waals surface area (Å²) in [6.45, 7) is 0.641. The quantitative estimate of drug-likeness (QED) is 0.673. The average Bonchev–Trinajstić information content (AvgIpc) is 2.39. The van der Waals surface area contributed by atoms with E-state index in [1.54, 1.807) is 6.20 Å². The number of carbonyl (C=O) groups excluding carboxylic acids is 1. The molecule has 2 rings (SSSR count). The molecule has 18 heavy (non-hydrogen) atoms. The van der Waals surface area contributed by atoms with Gasteiger partial charge in [-0.1, -0.05) is 40.2 Å². The summed E-state index contributed by atoms with van der Waals surface area (Å²) < 4.78 is 0. The lowest BCUT2D eigenvalue weighted by Crippen LogP contribution is -2.30. The molecule has 0 aliphatic heterocycles. The zero-order valence-corrected chi connectivity index (χ0v) is 11.4. The van der Waals surface area contributed by atoms with Crippen molar-refractivity contribution >= 4 is 38.6 Å². The first-order chi connectivity index (χ1) is 8.81. The summed E-state index contributed by atoms with van der Waals surface area (Å²) in [5, 5.41) is 8.42. The molecule has 5 heteroatoms. The number of pyridine rings is 1. The van der Waals surface area contributed by atoms with Gasteiger partial charge in [0.1, 0.15) is 5.82 Å². The highest BCUT2D eigenvalue weighted by molar-refractivity contribution is 9.09. The molecule has 1 aromatic heterocycles. The predicted molar refractivity (Wildman–Crippen MR) is 77.2 cm³/mol. The maximum atomic E-state index is 11.7. The predicted octanol–water partition coefficient (Wildman–Crippen LogP) is 3.14. The number of rotatable bonds is 4. The van der Waals surface area contributed by atoms with E-state index in [0.717, 1.165) is 22.5 Å². The first kappa shape index (κ1) is 12.8. The van der Waals surface area contributed by atoms with Crippen LogP contribution < -0.4 is 10.6 Å². The lowest BCUT2D eigenvalue weighted by Gasteiger charge is -2.08. The summed E-state index contributed by atoms with van der Waals surface area (Å²) in [5.74, 6) is 0.587. The van der Waals surface area contributed by atoms with Crippen molar-refractivity contribution in [2.75, 3.05) is 17.2 Å². The summed E-state index contributed by atoms with van der Waals surface area (Å²) in [4.78, 5) is 15.8. The molecule has 2 amide bonds. The molecule has 4 nitrogen and oxygen atoms in total. The maximum absolute atomic E-state index is 11.7. The van der Waals surface area contributed by atoms with Crippen molar-refractivity contribution in [2.45, 2.75) is 6.42 Å². The van der Waals surface area contributed by atoms with Gasteiger partial charge in [-0.05, 0) is 17.9 Å². The summed E-state index contributed by atoms with van der Waals surface area (Å²) in [6.07, 6.45) is 2.59. The molecule has 0 saturated heterocycles. The highest BCUT2D eigenvalue weighted by atomic mass is 79.9. The van der Waals surface area contributed by atoms with Crippen molar-refractivity contribution in [1.82, 2.24) is 10.3 Å². The van der Waals surface area contributed by atoms with E-state index in [2.05, 4.69) is 31.5 Å². The fourth-order valence-electron chi connectivity index (χ4n) is 1.64. The normalized spacial score (nSPS) is 10.3. The van der Waals surface area contributed by atoms with Crippen molar-refractivity contribution < 1.29 is 4.79 Å². The van der Waals surface area contributed by atoms with Gasteiger partial charge in [-0.3, -0.25) is 5.32 Å². The van der Waals surface area contributed by atoms with Crippen LogP contribution in [0.25, 0.3) is 10.8 Å². The molecule has 0 spiro atoms.